The van der Waals surface area contributed by atoms with Crippen LogP contribution in [0.4, 0.5) is 0 Å². The van der Waals surface area contributed by atoms with E-state index in [-0.39, 0.29) is 19.3 Å². The van der Waals surface area contributed by atoms with Crippen molar-refractivity contribution in [3.8, 4) is 0 Å². The molecule has 0 fully saturated rings. The van der Waals surface area contributed by atoms with E-state index < -0.39 is 30.5 Å². The fourth-order valence-electron chi connectivity index (χ4n) is 8.70. The third-order valence-corrected chi connectivity index (χ3v) is 12.9. The highest BCUT2D eigenvalue weighted by Crippen LogP contribution is 2.20. The molecule has 0 saturated carbocycles. The van der Waals surface area contributed by atoms with Gasteiger partial charge < -0.3 is 19.3 Å². The van der Waals surface area contributed by atoms with Crippen LogP contribution in [0.2, 0.25) is 0 Å². The van der Waals surface area contributed by atoms with E-state index in [2.05, 4.69) is 20.8 Å². The van der Waals surface area contributed by atoms with Gasteiger partial charge in [-0.15, -0.1) is 0 Å². The van der Waals surface area contributed by atoms with E-state index in [1.54, 1.807) is 0 Å². The zero-order valence-electron chi connectivity index (χ0n) is 42.5. The minimum absolute atomic E-state index is 0.115. The van der Waals surface area contributed by atoms with E-state index in [1.165, 1.54) is 218 Å². The number of ether oxygens (including phenoxy) is 3. The Labute approximate surface area is 391 Å². The minimum atomic E-state index is -2.61. The number of carbonyl (C=O) groups is 3. The lowest BCUT2D eigenvalue weighted by molar-refractivity contribution is -0.338. The van der Waals surface area contributed by atoms with Gasteiger partial charge in [0.1, 0.15) is 0 Å². The van der Waals surface area contributed by atoms with Crippen LogP contribution in [0.15, 0.2) is 0 Å². The molecule has 0 spiro atoms. The zero-order chi connectivity index (χ0) is 46.0. The summed E-state index contributed by atoms with van der Waals surface area (Å²) in [6, 6.07) is 0. The molecule has 7 nitrogen and oxygen atoms in total. The SMILES string of the molecule is CCCCCCCCCCCCCCCCCC(=O)OCC(O)(OC(=O)CCCCCCCCCCCCCCCCC)OC(=O)CCCCCCCCCCCCCCCCC. The predicted octanol–water partition coefficient (Wildman–Crippen LogP) is 18.0. The molecule has 0 aliphatic carbocycles. The van der Waals surface area contributed by atoms with Gasteiger partial charge in [0.2, 0.25) is 0 Å². The smallest absolute Gasteiger partial charge is 0.409 e. The van der Waals surface area contributed by atoms with Gasteiger partial charge in [0.25, 0.3) is 0 Å². The molecule has 1 N–H and O–H groups in total. The second-order valence-electron chi connectivity index (χ2n) is 19.4. The van der Waals surface area contributed by atoms with Crippen molar-refractivity contribution >= 4 is 17.9 Å². The summed E-state index contributed by atoms with van der Waals surface area (Å²) in [5.74, 6) is -4.39. The molecule has 0 aromatic rings. The van der Waals surface area contributed by atoms with Crippen LogP contribution in [-0.4, -0.2) is 35.6 Å². The normalized spacial score (nSPS) is 11.6. The quantitative estimate of drug-likeness (QED) is 0.0369. The lowest BCUT2D eigenvalue weighted by Crippen LogP contribution is -2.45. The summed E-state index contributed by atoms with van der Waals surface area (Å²) in [5, 5.41) is 11.2. The molecule has 0 radical (unpaired) electrons. The van der Waals surface area contributed by atoms with Crippen molar-refractivity contribution in [1.29, 1.82) is 0 Å². The van der Waals surface area contributed by atoms with Crippen LogP contribution in [-0.2, 0) is 28.6 Å². The highest BCUT2D eigenvalue weighted by molar-refractivity contribution is 5.72. The van der Waals surface area contributed by atoms with E-state index in [0.29, 0.717) is 19.3 Å². The summed E-state index contributed by atoms with van der Waals surface area (Å²) in [4.78, 5) is 38.3. The van der Waals surface area contributed by atoms with Gasteiger partial charge in [-0.05, 0) is 19.3 Å². The van der Waals surface area contributed by atoms with Crippen LogP contribution in [0, 0.1) is 0 Å². The first-order valence-electron chi connectivity index (χ1n) is 28.2. The van der Waals surface area contributed by atoms with Crippen molar-refractivity contribution in [1.82, 2.24) is 0 Å². The number of aliphatic hydroxyl groups is 1. The molecule has 7 heteroatoms. The number of hydrogen-bond donors (Lipinski definition) is 1. The van der Waals surface area contributed by atoms with Gasteiger partial charge in [-0.2, -0.15) is 0 Å². The van der Waals surface area contributed by atoms with Crippen molar-refractivity contribution in [2.24, 2.45) is 0 Å². The molecule has 0 amide bonds. The van der Waals surface area contributed by atoms with Crippen molar-refractivity contribution in [3.05, 3.63) is 0 Å². The summed E-state index contributed by atoms with van der Waals surface area (Å²) in [5.41, 5.74) is 0. The molecular weight excluding hydrogens is 785 g/mol. The monoisotopic (exact) mass is 893 g/mol. The molecule has 0 saturated heterocycles. The average molecular weight is 893 g/mol. The van der Waals surface area contributed by atoms with Gasteiger partial charge in [-0.25, -0.2) is 0 Å². The van der Waals surface area contributed by atoms with Crippen molar-refractivity contribution in [2.45, 2.75) is 335 Å². The highest BCUT2D eigenvalue weighted by Gasteiger charge is 2.38. The molecule has 0 atom stereocenters. The van der Waals surface area contributed by atoms with Gasteiger partial charge in [0.15, 0.2) is 6.61 Å². The van der Waals surface area contributed by atoms with Crippen LogP contribution in [0.3, 0.4) is 0 Å². The van der Waals surface area contributed by atoms with Crippen molar-refractivity contribution in [3.63, 3.8) is 0 Å². The standard InChI is InChI=1S/C56H108O7/c1-4-7-10-13-16-19-22-25-28-31-34-37-40-43-46-49-53(57)61-52-56(60,62-54(58)50-47-44-41-38-35-32-29-26-23-20-17-14-11-8-5-2)63-55(59)51-48-45-42-39-36-33-30-27-24-21-18-15-12-9-6-3/h60H,4-52H2,1-3H3. The van der Waals surface area contributed by atoms with E-state index >= 15 is 0 Å². The second kappa shape index (κ2) is 49.8. The summed E-state index contributed by atoms with van der Waals surface area (Å²) in [6.07, 6.45) is 56.0. The van der Waals surface area contributed by atoms with E-state index in [9.17, 15) is 19.5 Å². The Morgan fingerprint density at radius 2 is 0.460 bits per heavy atom. The summed E-state index contributed by atoms with van der Waals surface area (Å²) in [7, 11) is 0. The van der Waals surface area contributed by atoms with Crippen molar-refractivity contribution in [2.75, 3.05) is 6.61 Å². The maximum absolute atomic E-state index is 12.8. The Kier molecular flexibility index (Phi) is 48.5. The average Bonchev–Trinajstić information content (AvgIpc) is 3.27. The summed E-state index contributed by atoms with van der Waals surface area (Å²) >= 11 is 0. The lowest BCUT2D eigenvalue weighted by Gasteiger charge is -2.26. The molecule has 0 rings (SSSR count). The highest BCUT2D eigenvalue weighted by atomic mass is 16.9. The third-order valence-electron chi connectivity index (χ3n) is 12.9. The van der Waals surface area contributed by atoms with Crippen LogP contribution in [0.5, 0.6) is 0 Å². The van der Waals surface area contributed by atoms with Crippen LogP contribution in [0.1, 0.15) is 329 Å². The van der Waals surface area contributed by atoms with Crippen LogP contribution < -0.4 is 0 Å². The molecule has 0 aromatic heterocycles. The molecule has 374 valence electrons. The van der Waals surface area contributed by atoms with Crippen LogP contribution in [0.25, 0.3) is 0 Å². The zero-order valence-corrected chi connectivity index (χ0v) is 42.5. The van der Waals surface area contributed by atoms with E-state index in [0.717, 1.165) is 51.4 Å². The van der Waals surface area contributed by atoms with Gasteiger partial charge >= 0.3 is 23.9 Å². The first-order valence-corrected chi connectivity index (χ1v) is 28.2. The van der Waals surface area contributed by atoms with Gasteiger partial charge in [-0.1, -0.05) is 290 Å². The van der Waals surface area contributed by atoms with E-state index in [1.807, 2.05) is 0 Å². The van der Waals surface area contributed by atoms with E-state index in [4.69, 9.17) is 14.2 Å². The number of hydrogen-bond acceptors (Lipinski definition) is 7. The van der Waals surface area contributed by atoms with Gasteiger partial charge in [-0.3, -0.25) is 14.4 Å². The Hall–Kier alpha value is -1.63. The third kappa shape index (κ3) is 48.1. The first kappa shape index (κ1) is 61.4. The fourth-order valence-corrected chi connectivity index (χ4v) is 8.70. The fraction of sp³-hybridized carbons (Fsp3) is 0.946. The van der Waals surface area contributed by atoms with Crippen molar-refractivity contribution < 1.29 is 33.7 Å². The number of rotatable bonds is 52. The lowest BCUT2D eigenvalue weighted by atomic mass is 10.0. The Balaban J connectivity index is 4.43. The number of esters is 3. The molecule has 0 unspecified atom stereocenters. The molecule has 0 bridgehead atoms. The summed E-state index contributed by atoms with van der Waals surface area (Å²) < 4.78 is 16.0. The molecule has 0 aromatic carbocycles. The number of carbonyl (C=O) groups excluding carboxylic acids is 3. The molecular formula is C56H108O7. The summed E-state index contributed by atoms with van der Waals surface area (Å²) in [6.45, 7) is 6.09. The Morgan fingerprint density at radius 1 is 0.286 bits per heavy atom. The predicted molar refractivity (Wildman–Crippen MR) is 267 cm³/mol. The topological polar surface area (TPSA) is 99.1 Å². The second-order valence-corrected chi connectivity index (χ2v) is 19.4. The van der Waals surface area contributed by atoms with Crippen LogP contribution >= 0.6 is 0 Å². The molecule has 0 heterocycles. The largest absolute Gasteiger partial charge is 0.454 e. The van der Waals surface area contributed by atoms with Gasteiger partial charge in [0.05, 0.1) is 0 Å². The molecule has 0 aliphatic rings. The minimum Gasteiger partial charge on any atom is -0.454 e. The van der Waals surface area contributed by atoms with Gasteiger partial charge in [0, 0.05) is 19.3 Å². The number of unbranched alkanes of at least 4 members (excludes halogenated alkanes) is 42. The molecule has 0 aliphatic heterocycles. The Morgan fingerprint density at radius 3 is 0.667 bits per heavy atom. The maximum Gasteiger partial charge on any atom is 0.409 e. The molecule has 63 heavy (non-hydrogen) atoms. The Bertz CT molecular complexity index is 919. The first-order chi connectivity index (χ1) is 30.9. The maximum atomic E-state index is 12.8.